The second-order valence-corrected chi connectivity index (χ2v) is 9.29. The van der Waals surface area contributed by atoms with Crippen molar-refractivity contribution in [3.8, 4) is 39.1 Å². The van der Waals surface area contributed by atoms with Crippen LogP contribution >= 0.6 is 11.3 Å². The lowest BCUT2D eigenvalue weighted by Gasteiger charge is -2.11. The molecule has 174 valence electrons. The van der Waals surface area contributed by atoms with Crippen molar-refractivity contribution in [3.63, 3.8) is 0 Å². The normalized spacial score (nSPS) is 11.6. The van der Waals surface area contributed by atoms with Crippen LogP contribution in [0.1, 0.15) is 0 Å². The summed E-state index contributed by atoms with van der Waals surface area (Å²) in [6, 6.07) is 11.8. The molecule has 0 radical (unpaired) electrons. The van der Waals surface area contributed by atoms with Crippen LogP contribution in [0.25, 0.3) is 55.4 Å². The molecule has 0 spiro atoms. The molecule has 0 aromatic carbocycles. The summed E-state index contributed by atoms with van der Waals surface area (Å²) < 4.78 is 5.85. The fourth-order valence-corrected chi connectivity index (χ4v) is 4.57. The molecule has 10 heteroatoms. The van der Waals surface area contributed by atoms with Crippen molar-refractivity contribution in [1.29, 1.82) is 0 Å². The molecule has 35 heavy (non-hydrogen) atoms. The first-order valence-electron chi connectivity index (χ1n) is 11.1. The van der Waals surface area contributed by atoms with Crippen LogP contribution in [-0.4, -0.2) is 67.3 Å². The number of thiophene rings is 1. The lowest BCUT2D eigenvalue weighted by molar-refractivity contribution is 0.261. The van der Waals surface area contributed by atoms with E-state index < -0.39 is 0 Å². The van der Waals surface area contributed by atoms with Crippen LogP contribution < -0.4 is 4.74 Å². The Kier molecular flexibility index (Phi) is 5.44. The highest BCUT2D eigenvalue weighted by Crippen LogP contribution is 2.32. The zero-order chi connectivity index (χ0) is 23.8. The van der Waals surface area contributed by atoms with E-state index in [0.717, 1.165) is 50.4 Å². The Morgan fingerprint density at radius 2 is 1.91 bits per heavy atom. The minimum absolute atomic E-state index is 0.588. The molecule has 0 aliphatic rings. The molecular weight excluding hydrogens is 460 g/mol. The van der Waals surface area contributed by atoms with Gasteiger partial charge in [0.25, 0.3) is 0 Å². The van der Waals surface area contributed by atoms with Gasteiger partial charge in [-0.25, -0.2) is 9.97 Å². The van der Waals surface area contributed by atoms with Gasteiger partial charge in [0, 0.05) is 24.5 Å². The Hall–Kier alpha value is -4.15. The van der Waals surface area contributed by atoms with Crippen LogP contribution in [0.5, 0.6) is 5.75 Å². The molecule has 6 aromatic heterocycles. The summed E-state index contributed by atoms with van der Waals surface area (Å²) in [4.78, 5) is 25.2. The standard InChI is InChI=1S/C25H22N8OS/c1-33(2)9-10-34-16-12-15(13-26-14-16)17-5-6-19-22(28-17)24(32-31-19)25-29-18-7-8-27-23(21(18)30-25)20-4-3-11-35-20/h3-8,11-14H,9-10H2,1-2H3,(H,29,30)(H,31,32). The molecule has 6 heterocycles. The van der Waals surface area contributed by atoms with Gasteiger partial charge in [-0.2, -0.15) is 5.10 Å². The molecule has 0 unspecified atom stereocenters. The second-order valence-electron chi connectivity index (χ2n) is 8.34. The van der Waals surface area contributed by atoms with E-state index in [1.54, 1.807) is 29.9 Å². The number of nitrogens with zero attached hydrogens (tertiary/aromatic N) is 6. The highest BCUT2D eigenvalue weighted by molar-refractivity contribution is 7.13. The Bertz CT molecular complexity index is 1620. The maximum absolute atomic E-state index is 5.85. The van der Waals surface area contributed by atoms with E-state index in [4.69, 9.17) is 14.7 Å². The number of aromatic nitrogens is 7. The number of fused-ring (bicyclic) bond motifs is 2. The Morgan fingerprint density at radius 3 is 2.77 bits per heavy atom. The van der Waals surface area contributed by atoms with Gasteiger partial charge in [0.1, 0.15) is 29.1 Å². The number of nitrogens with one attached hydrogen (secondary N) is 2. The minimum Gasteiger partial charge on any atom is -0.491 e. The van der Waals surface area contributed by atoms with Crippen molar-refractivity contribution in [3.05, 3.63) is 60.4 Å². The van der Waals surface area contributed by atoms with E-state index in [2.05, 4.69) is 30.0 Å². The number of imidazole rings is 1. The number of pyridine rings is 3. The van der Waals surface area contributed by atoms with Gasteiger partial charge in [-0.1, -0.05) is 6.07 Å². The van der Waals surface area contributed by atoms with E-state index in [0.29, 0.717) is 23.9 Å². The van der Waals surface area contributed by atoms with Gasteiger partial charge in [0.05, 0.1) is 27.8 Å². The van der Waals surface area contributed by atoms with Gasteiger partial charge < -0.3 is 14.6 Å². The topological polar surface area (TPSA) is 109 Å². The van der Waals surface area contributed by atoms with Gasteiger partial charge in [0.15, 0.2) is 11.5 Å². The molecule has 2 N–H and O–H groups in total. The molecule has 0 aliphatic heterocycles. The minimum atomic E-state index is 0.588. The predicted octanol–water partition coefficient (Wildman–Crippen LogP) is 4.63. The summed E-state index contributed by atoms with van der Waals surface area (Å²) >= 11 is 1.64. The third-order valence-corrected chi connectivity index (χ3v) is 6.48. The Balaban J connectivity index is 1.38. The van der Waals surface area contributed by atoms with Crippen molar-refractivity contribution in [2.75, 3.05) is 27.2 Å². The summed E-state index contributed by atoms with van der Waals surface area (Å²) in [7, 11) is 4.03. The molecule has 0 amide bonds. The van der Waals surface area contributed by atoms with E-state index in [9.17, 15) is 0 Å². The van der Waals surface area contributed by atoms with Crippen molar-refractivity contribution < 1.29 is 4.74 Å². The number of likely N-dealkylation sites (N-methyl/N-ethyl adjacent to an activating group) is 1. The van der Waals surface area contributed by atoms with Crippen LogP contribution in [-0.2, 0) is 0 Å². The van der Waals surface area contributed by atoms with Crippen LogP contribution in [0.3, 0.4) is 0 Å². The van der Waals surface area contributed by atoms with Crippen LogP contribution in [0, 0.1) is 0 Å². The Morgan fingerprint density at radius 1 is 1.00 bits per heavy atom. The SMILES string of the molecule is CN(C)CCOc1cncc(-c2ccc3[nH]nc(-c4nc5c(-c6cccs6)nccc5[nH]4)c3n2)c1. The second kappa shape index (κ2) is 8.90. The average Bonchev–Trinajstić information content (AvgIpc) is 3.62. The first-order chi connectivity index (χ1) is 17.2. The zero-order valence-electron chi connectivity index (χ0n) is 19.2. The van der Waals surface area contributed by atoms with Gasteiger partial charge >= 0.3 is 0 Å². The van der Waals surface area contributed by atoms with Crippen LogP contribution in [0.15, 0.2) is 60.4 Å². The number of H-pyrrole nitrogens is 2. The fourth-order valence-electron chi connectivity index (χ4n) is 3.85. The highest BCUT2D eigenvalue weighted by atomic mass is 32.1. The smallest absolute Gasteiger partial charge is 0.161 e. The maximum atomic E-state index is 5.85. The molecule has 0 saturated heterocycles. The third kappa shape index (κ3) is 4.13. The summed E-state index contributed by atoms with van der Waals surface area (Å²) in [5.74, 6) is 1.35. The molecule has 0 fully saturated rings. The summed E-state index contributed by atoms with van der Waals surface area (Å²) in [6.07, 6.45) is 5.29. The van der Waals surface area contributed by atoms with E-state index in [-0.39, 0.29) is 0 Å². The summed E-state index contributed by atoms with van der Waals surface area (Å²) in [6.45, 7) is 1.42. The lowest BCUT2D eigenvalue weighted by Crippen LogP contribution is -2.19. The van der Waals surface area contributed by atoms with E-state index in [1.165, 1.54) is 0 Å². The summed E-state index contributed by atoms with van der Waals surface area (Å²) in [5, 5.41) is 9.62. The molecule has 0 saturated carbocycles. The van der Waals surface area contributed by atoms with Crippen molar-refractivity contribution in [2.45, 2.75) is 0 Å². The lowest BCUT2D eigenvalue weighted by atomic mass is 10.1. The molecule has 0 atom stereocenters. The molecular formula is C25H22N8OS. The number of hydrogen-bond donors (Lipinski definition) is 2. The van der Waals surface area contributed by atoms with Gasteiger partial charge in [0.2, 0.25) is 0 Å². The number of ether oxygens (including phenoxy) is 1. The van der Waals surface area contributed by atoms with Crippen molar-refractivity contribution in [1.82, 2.24) is 40.0 Å². The first-order valence-corrected chi connectivity index (χ1v) is 12.0. The largest absolute Gasteiger partial charge is 0.491 e. The molecule has 0 bridgehead atoms. The van der Waals surface area contributed by atoms with E-state index in [1.807, 2.05) is 55.9 Å². The van der Waals surface area contributed by atoms with Crippen molar-refractivity contribution >= 4 is 33.4 Å². The summed E-state index contributed by atoms with van der Waals surface area (Å²) in [5.41, 5.74) is 6.42. The van der Waals surface area contributed by atoms with E-state index >= 15 is 0 Å². The van der Waals surface area contributed by atoms with Gasteiger partial charge in [-0.05, 0) is 49.8 Å². The van der Waals surface area contributed by atoms with Crippen LogP contribution in [0.2, 0.25) is 0 Å². The molecule has 9 nitrogen and oxygen atoms in total. The van der Waals surface area contributed by atoms with Crippen LogP contribution in [0.4, 0.5) is 0 Å². The number of rotatable bonds is 7. The van der Waals surface area contributed by atoms with Gasteiger partial charge in [-0.3, -0.25) is 15.1 Å². The van der Waals surface area contributed by atoms with Crippen molar-refractivity contribution in [2.24, 2.45) is 0 Å². The third-order valence-electron chi connectivity index (χ3n) is 5.60. The predicted molar refractivity (Wildman–Crippen MR) is 137 cm³/mol. The maximum Gasteiger partial charge on any atom is 0.161 e. The molecule has 6 rings (SSSR count). The van der Waals surface area contributed by atoms with Gasteiger partial charge in [-0.15, -0.1) is 11.3 Å². The fraction of sp³-hybridized carbons (Fsp3) is 0.160. The first kappa shape index (κ1) is 21.4. The monoisotopic (exact) mass is 482 g/mol. The quantitative estimate of drug-likeness (QED) is 0.342. The number of hydrogen-bond acceptors (Lipinski definition) is 8. The zero-order valence-corrected chi connectivity index (χ0v) is 20.0. The number of aromatic amines is 2. The average molecular weight is 483 g/mol. The Labute approximate surface area is 204 Å². The molecule has 6 aromatic rings. The molecule has 0 aliphatic carbocycles. The highest BCUT2D eigenvalue weighted by Gasteiger charge is 2.17.